The maximum atomic E-state index is 11.3. The molecule has 3 rings (SSSR count). The van der Waals surface area contributed by atoms with E-state index in [2.05, 4.69) is 5.32 Å². The second-order valence-corrected chi connectivity index (χ2v) is 3.81. The summed E-state index contributed by atoms with van der Waals surface area (Å²) in [4.78, 5) is 11.3. The third-order valence-corrected chi connectivity index (χ3v) is 3.17. The maximum Gasteiger partial charge on any atom is 0.309 e. The summed E-state index contributed by atoms with van der Waals surface area (Å²) < 4.78 is 4.78. The molecule has 0 spiro atoms. The fourth-order valence-electron chi connectivity index (χ4n) is 2.42. The summed E-state index contributed by atoms with van der Waals surface area (Å²) in [5.74, 6) is 0.698. The summed E-state index contributed by atoms with van der Waals surface area (Å²) in [6.07, 6.45) is 3.41. The number of hydrogen-bond acceptors (Lipinski definition) is 3. The average Bonchev–Trinajstić information content (AvgIpc) is 2.18. The van der Waals surface area contributed by atoms with Gasteiger partial charge < -0.3 is 10.1 Å². The number of carbonyl (C=O) groups excluding carboxylic acids is 1. The van der Waals surface area contributed by atoms with Crippen LogP contribution in [-0.4, -0.2) is 25.7 Å². The molecule has 3 aliphatic rings. The zero-order valence-corrected chi connectivity index (χ0v) is 7.38. The predicted octanol–water partition coefficient (Wildman–Crippen LogP) is 0.547. The van der Waals surface area contributed by atoms with Crippen molar-refractivity contribution >= 4 is 5.97 Å². The minimum Gasteiger partial charge on any atom is -0.469 e. The number of piperidine rings is 2. The molecule has 3 unspecified atom stereocenters. The van der Waals surface area contributed by atoms with Crippen LogP contribution in [0.1, 0.15) is 19.3 Å². The Morgan fingerprint density at radius 1 is 1.50 bits per heavy atom. The molecule has 0 amide bonds. The quantitative estimate of drug-likeness (QED) is 0.582. The number of fused-ring (bicyclic) bond motifs is 3. The van der Waals surface area contributed by atoms with Crippen molar-refractivity contribution in [1.82, 2.24) is 5.32 Å². The molecule has 0 aromatic rings. The molecule has 0 aromatic carbocycles. The fraction of sp³-hybridized carbons (Fsp3) is 0.889. The third-order valence-electron chi connectivity index (χ3n) is 3.17. The van der Waals surface area contributed by atoms with Gasteiger partial charge in [-0.2, -0.15) is 0 Å². The van der Waals surface area contributed by atoms with E-state index in [0.717, 1.165) is 13.0 Å². The van der Waals surface area contributed by atoms with Crippen LogP contribution >= 0.6 is 0 Å². The Bertz CT molecular complexity index is 185. The molecule has 68 valence electrons. The van der Waals surface area contributed by atoms with Crippen molar-refractivity contribution in [1.29, 1.82) is 0 Å². The van der Waals surface area contributed by atoms with Gasteiger partial charge in [-0.1, -0.05) is 0 Å². The van der Waals surface area contributed by atoms with Crippen LogP contribution in [0.2, 0.25) is 0 Å². The average molecular weight is 169 g/mol. The summed E-state index contributed by atoms with van der Waals surface area (Å²) in [5.41, 5.74) is 0. The zero-order valence-electron chi connectivity index (χ0n) is 7.38. The molecule has 1 saturated carbocycles. The predicted molar refractivity (Wildman–Crippen MR) is 44.6 cm³/mol. The van der Waals surface area contributed by atoms with Crippen LogP contribution in [0.3, 0.4) is 0 Å². The monoisotopic (exact) mass is 169 g/mol. The Balaban J connectivity index is 2.03. The minimum absolute atomic E-state index is 0.00815. The highest BCUT2D eigenvalue weighted by Gasteiger charge is 2.39. The van der Waals surface area contributed by atoms with E-state index in [1.165, 1.54) is 20.0 Å². The summed E-state index contributed by atoms with van der Waals surface area (Å²) in [6, 6.07) is 0.569. The van der Waals surface area contributed by atoms with E-state index >= 15 is 0 Å². The second-order valence-electron chi connectivity index (χ2n) is 3.81. The number of methoxy groups -OCH3 is 1. The molecule has 0 aromatic heterocycles. The van der Waals surface area contributed by atoms with Gasteiger partial charge >= 0.3 is 5.97 Å². The van der Waals surface area contributed by atoms with Gasteiger partial charge in [-0.15, -0.1) is 0 Å². The van der Waals surface area contributed by atoms with Crippen molar-refractivity contribution in [2.24, 2.45) is 11.8 Å². The number of nitrogens with one attached hydrogen (secondary N) is 1. The number of hydrogen-bond donors (Lipinski definition) is 1. The van der Waals surface area contributed by atoms with E-state index in [1.807, 2.05) is 0 Å². The van der Waals surface area contributed by atoms with Gasteiger partial charge in [0.2, 0.25) is 0 Å². The molecule has 2 bridgehead atoms. The molecule has 12 heavy (non-hydrogen) atoms. The standard InChI is InChI=1S/C9H15NO2/c1-12-9(11)8-4-7-3-2-6(8)5-10-7/h6-8,10H,2-5H2,1H3. The summed E-state index contributed by atoms with van der Waals surface area (Å²) in [7, 11) is 1.48. The lowest BCUT2D eigenvalue weighted by molar-refractivity contribution is -0.150. The summed E-state index contributed by atoms with van der Waals surface area (Å²) in [6.45, 7) is 1.00. The Labute approximate surface area is 72.5 Å². The van der Waals surface area contributed by atoms with Crippen LogP contribution in [0.25, 0.3) is 0 Å². The Morgan fingerprint density at radius 2 is 2.33 bits per heavy atom. The van der Waals surface area contributed by atoms with Gasteiger partial charge in [0.15, 0.2) is 0 Å². The first kappa shape index (κ1) is 8.05. The molecule has 1 aliphatic carbocycles. The van der Waals surface area contributed by atoms with Crippen molar-refractivity contribution in [3.63, 3.8) is 0 Å². The zero-order chi connectivity index (χ0) is 8.55. The number of carbonyl (C=O) groups is 1. The van der Waals surface area contributed by atoms with E-state index in [4.69, 9.17) is 4.74 Å². The van der Waals surface area contributed by atoms with Gasteiger partial charge in [0.1, 0.15) is 0 Å². The Kier molecular flexibility index (Phi) is 2.05. The molecule has 2 heterocycles. The lowest BCUT2D eigenvalue weighted by Gasteiger charge is -2.41. The third kappa shape index (κ3) is 1.22. The topological polar surface area (TPSA) is 38.3 Å². The van der Waals surface area contributed by atoms with E-state index in [1.54, 1.807) is 0 Å². The molecule has 3 atom stereocenters. The van der Waals surface area contributed by atoms with Crippen LogP contribution in [0.15, 0.2) is 0 Å². The maximum absolute atomic E-state index is 11.3. The first-order valence-corrected chi connectivity index (χ1v) is 4.62. The van der Waals surface area contributed by atoms with Crippen molar-refractivity contribution in [3.05, 3.63) is 0 Å². The summed E-state index contributed by atoms with van der Waals surface area (Å²) in [5, 5.41) is 3.42. The molecule has 2 aliphatic heterocycles. The molecule has 3 fully saturated rings. The van der Waals surface area contributed by atoms with E-state index < -0.39 is 0 Å². The lowest BCUT2D eigenvalue weighted by Crippen LogP contribution is -2.51. The van der Waals surface area contributed by atoms with Gasteiger partial charge in [-0.25, -0.2) is 0 Å². The normalized spacial score (nSPS) is 39.6. The molecular weight excluding hydrogens is 154 g/mol. The van der Waals surface area contributed by atoms with E-state index in [9.17, 15) is 4.79 Å². The molecule has 3 heteroatoms. The highest BCUT2D eigenvalue weighted by molar-refractivity contribution is 5.73. The SMILES string of the molecule is COC(=O)C1CC2CCC1CN2. The van der Waals surface area contributed by atoms with Crippen molar-refractivity contribution in [2.75, 3.05) is 13.7 Å². The van der Waals surface area contributed by atoms with Crippen LogP contribution in [0, 0.1) is 11.8 Å². The van der Waals surface area contributed by atoms with Gasteiger partial charge in [0.25, 0.3) is 0 Å². The highest BCUT2D eigenvalue weighted by Crippen LogP contribution is 2.34. The highest BCUT2D eigenvalue weighted by atomic mass is 16.5. The minimum atomic E-state index is -0.00815. The van der Waals surface area contributed by atoms with Gasteiger partial charge in [-0.3, -0.25) is 4.79 Å². The Hall–Kier alpha value is -0.570. The number of ether oxygens (including phenoxy) is 1. The largest absolute Gasteiger partial charge is 0.469 e. The molecule has 2 saturated heterocycles. The lowest BCUT2D eigenvalue weighted by atomic mass is 9.73. The first-order chi connectivity index (χ1) is 5.81. The van der Waals surface area contributed by atoms with Crippen LogP contribution in [-0.2, 0) is 9.53 Å². The second kappa shape index (κ2) is 3.05. The van der Waals surface area contributed by atoms with Crippen molar-refractivity contribution in [2.45, 2.75) is 25.3 Å². The van der Waals surface area contributed by atoms with Crippen LogP contribution < -0.4 is 5.32 Å². The van der Waals surface area contributed by atoms with Crippen molar-refractivity contribution < 1.29 is 9.53 Å². The Morgan fingerprint density at radius 3 is 2.75 bits per heavy atom. The van der Waals surface area contributed by atoms with Crippen LogP contribution in [0.5, 0.6) is 0 Å². The molecule has 3 nitrogen and oxygen atoms in total. The van der Waals surface area contributed by atoms with Gasteiger partial charge in [-0.05, 0) is 31.7 Å². The van der Waals surface area contributed by atoms with E-state index in [-0.39, 0.29) is 11.9 Å². The first-order valence-electron chi connectivity index (χ1n) is 4.62. The summed E-state index contributed by atoms with van der Waals surface area (Å²) >= 11 is 0. The van der Waals surface area contributed by atoms with Crippen molar-refractivity contribution in [3.8, 4) is 0 Å². The van der Waals surface area contributed by atoms with Gasteiger partial charge in [0, 0.05) is 6.04 Å². The van der Waals surface area contributed by atoms with Crippen LogP contribution in [0.4, 0.5) is 0 Å². The molecular formula is C9H15NO2. The van der Waals surface area contributed by atoms with E-state index in [0.29, 0.717) is 12.0 Å². The number of esters is 1. The molecule has 0 radical (unpaired) electrons. The number of rotatable bonds is 1. The smallest absolute Gasteiger partial charge is 0.309 e. The van der Waals surface area contributed by atoms with Gasteiger partial charge in [0.05, 0.1) is 13.0 Å². The fourth-order valence-corrected chi connectivity index (χ4v) is 2.42. The molecule has 1 N–H and O–H groups in total.